The maximum atomic E-state index is 11.4. The van der Waals surface area contributed by atoms with Crippen LogP contribution in [0.2, 0.25) is 0 Å². The highest BCUT2D eigenvalue weighted by Crippen LogP contribution is 2.53. The van der Waals surface area contributed by atoms with E-state index in [2.05, 4.69) is 29.2 Å². The summed E-state index contributed by atoms with van der Waals surface area (Å²) in [6.45, 7) is 0. The highest BCUT2D eigenvalue weighted by atomic mass is 32.2. The minimum absolute atomic E-state index is 0.228. The highest BCUT2D eigenvalue weighted by molar-refractivity contribution is 7.99. The van der Waals surface area contributed by atoms with Crippen molar-refractivity contribution in [1.82, 2.24) is 0 Å². The summed E-state index contributed by atoms with van der Waals surface area (Å²) < 4.78 is 0. The van der Waals surface area contributed by atoms with Crippen LogP contribution >= 0.6 is 11.8 Å². The first-order valence-electron chi connectivity index (χ1n) is 14.6. The number of fused-ring (bicyclic) bond motifs is 2. The van der Waals surface area contributed by atoms with E-state index in [1.165, 1.54) is 0 Å². The minimum atomic E-state index is -0.971. The van der Waals surface area contributed by atoms with Crippen LogP contribution in [0.15, 0.2) is 143 Å². The largest absolute Gasteiger partial charge is 0.478 e. The molecule has 0 spiro atoms. The average molecular weight is 636 g/mol. The first-order valence-corrected chi connectivity index (χ1v) is 15.4. The quantitative estimate of drug-likeness (QED) is 0.159. The van der Waals surface area contributed by atoms with Gasteiger partial charge in [-0.1, -0.05) is 72.4 Å². The molecule has 6 aromatic rings. The zero-order chi connectivity index (χ0) is 32.7. The third-order valence-electron chi connectivity index (χ3n) is 8.14. The second-order valence-corrected chi connectivity index (χ2v) is 12.1. The van der Waals surface area contributed by atoms with E-state index in [9.17, 15) is 29.7 Å². The van der Waals surface area contributed by atoms with Gasteiger partial charge < -0.3 is 20.2 Å². The minimum Gasteiger partial charge on any atom is -0.478 e. The molecular formula is C39H25NO6S. The van der Waals surface area contributed by atoms with Gasteiger partial charge in [0.05, 0.1) is 28.1 Å². The fourth-order valence-electron chi connectivity index (χ4n) is 5.67. The molecule has 6 aromatic carbocycles. The Morgan fingerprint density at radius 3 is 1.04 bits per heavy atom. The smallest absolute Gasteiger partial charge is 0.335 e. The number of aromatic carboxylic acids is 3. The van der Waals surface area contributed by atoms with E-state index in [1.54, 1.807) is 60.3 Å². The van der Waals surface area contributed by atoms with Crippen molar-refractivity contribution in [3.8, 4) is 33.4 Å². The summed E-state index contributed by atoms with van der Waals surface area (Å²) in [5.41, 5.74) is 9.20. The number of hydrogen-bond donors (Lipinski definition) is 3. The van der Waals surface area contributed by atoms with Gasteiger partial charge in [0.25, 0.3) is 0 Å². The number of anilines is 3. The molecule has 7 nitrogen and oxygen atoms in total. The van der Waals surface area contributed by atoms with Crippen LogP contribution in [-0.4, -0.2) is 33.2 Å². The molecule has 3 N–H and O–H groups in total. The van der Waals surface area contributed by atoms with Crippen LogP contribution in [0.1, 0.15) is 31.1 Å². The number of carboxylic acid groups (broad SMARTS) is 3. The average Bonchev–Trinajstić information content (AvgIpc) is 3.10. The van der Waals surface area contributed by atoms with E-state index in [4.69, 9.17) is 0 Å². The van der Waals surface area contributed by atoms with E-state index in [0.29, 0.717) is 0 Å². The lowest BCUT2D eigenvalue weighted by Gasteiger charge is -2.33. The third-order valence-corrected chi connectivity index (χ3v) is 9.24. The van der Waals surface area contributed by atoms with Crippen molar-refractivity contribution in [2.24, 2.45) is 0 Å². The van der Waals surface area contributed by atoms with E-state index < -0.39 is 17.9 Å². The summed E-state index contributed by atoms with van der Waals surface area (Å²) in [7, 11) is 0. The van der Waals surface area contributed by atoms with Crippen molar-refractivity contribution >= 4 is 46.7 Å². The van der Waals surface area contributed by atoms with Crippen molar-refractivity contribution in [2.75, 3.05) is 4.90 Å². The summed E-state index contributed by atoms with van der Waals surface area (Å²) in [5.74, 6) is -2.91. The zero-order valence-electron chi connectivity index (χ0n) is 24.6. The topological polar surface area (TPSA) is 115 Å². The van der Waals surface area contributed by atoms with Crippen molar-refractivity contribution in [3.05, 3.63) is 150 Å². The molecule has 1 aliphatic rings. The lowest BCUT2D eigenvalue weighted by atomic mass is 10.0. The molecule has 0 aliphatic carbocycles. The van der Waals surface area contributed by atoms with Gasteiger partial charge in [-0.2, -0.15) is 0 Å². The maximum Gasteiger partial charge on any atom is 0.335 e. The molecule has 0 radical (unpaired) electrons. The second kappa shape index (κ2) is 12.0. The molecule has 0 fully saturated rings. The Labute approximate surface area is 274 Å². The maximum absolute atomic E-state index is 11.4. The molecular weight excluding hydrogens is 610 g/mol. The molecule has 0 saturated carbocycles. The Morgan fingerprint density at radius 1 is 0.404 bits per heavy atom. The van der Waals surface area contributed by atoms with Gasteiger partial charge in [-0.3, -0.25) is 0 Å². The Hall–Kier alpha value is -6.12. The van der Waals surface area contributed by atoms with E-state index in [1.807, 2.05) is 60.7 Å². The number of hydrogen-bond acceptors (Lipinski definition) is 5. The van der Waals surface area contributed by atoms with Crippen molar-refractivity contribution in [2.45, 2.75) is 9.79 Å². The van der Waals surface area contributed by atoms with E-state index >= 15 is 0 Å². The Kier molecular flexibility index (Phi) is 7.55. The van der Waals surface area contributed by atoms with Gasteiger partial charge in [0.1, 0.15) is 0 Å². The number of rotatable bonds is 7. The van der Waals surface area contributed by atoms with Crippen LogP contribution in [-0.2, 0) is 0 Å². The van der Waals surface area contributed by atoms with Gasteiger partial charge in [0.15, 0.2) is 0 Å². The van der Waals surface area contributed by atoms with Gasteiger partial charge in [-0.05, 0) is 106 Å². The first-order chi connectivity index (χ1) is 22.7. The van der Waals surface area contributed by atoms with Gasteiger partial charge in [0.2, 0.25) is 0 Å². The van der Waals surface area contributed by atoms with Gasteiger partial charge in [0, 0.05) is 15.5 Å². The lowest BCUT2D eigenvalue weighted by Crippen LogP contribution is -2.15. The monoisotopic (exact) mass is 635 g/mol. The SMILES string of the molecule is O=C(O)c1ccc(-c2ccc(N3c4ccc(-c5ccc(C(=O)O)cc5)cc4Sc4cc(-c5ccc(C(=O)O)cc5)ccc43)cc2)cc1. The van der Waals surface area contributed by atoms with Crippen molar-refractivity contribution in [1.29, 1.82) is 0 Å². The van der Waals surface area contributed by atoms with Crippen LogP contribution in [0.3, 0.4) is 0 Å². The summed E-state index contributed by atoms with van der Waals surface area (Å²) in [6.07, 6.45) is 0. The van der Waals surface area contributed by atoms with Gasteiger partial charge in [-0.15, -0.1) is 0 Å². The van der Waals surface area contributed by atoms with Gasteiger partial charge >= 0.3 is 17.9 Å². The lowest BCUT2D eigenvalue weighted by molar-refractivity contribution is 0.0686. The zero-order valence-corrected chi connectivity index (χ0v) is 25.4. The molecule has 0 amide bonds. The molecule has 7 rings (SSSR count). The third kappa shape index (κ3) is 5.74. The van der Waals surface area contributed by atoms with E-state index in [-0.39, 0.29) is 16.7 Å². The second-order valence-electron chi connectivity index (χ2n) is 11.0. The molecule has 47 heavy (non-hydrogen) atoms. The fraction of sp³-hybridized carbons (Fsp3) is 0. The molecule has 0 aromatic heterocycles. The van der Waals surface area contributed by atoms with Crippen molar-refractivity contribution < 1.29 is 29.7 Å². The Balaban J connectivity index is 1.30. The van der Waals surface area contributed by atoms with Crippen LogP contribution in [0.4, 0.5) is 17.1 Å². The number of carboxylic acids is 3. The highest BCUT2D eigenvalue weighted by Gasteiger charge is 2.26. The first kappa shape index (κ1) is 29.6. The predicted octanol–water partition coefficient (Wildman–Crippen LogP) is 9.72. The van der Waals surface area contributed by atoms with Crippen LogP contribution in [0, 0.1) is 0 Å². The molecule has 0 bridgehead atoms. The summed E-state index contributed by atoms with van der Waals surface area (Å²) >= 11 is 1.64. The number of benzene rings is 6. The molecule has 1 heterocycles. The summed E-state index contributed by atoms with van der Waals surface area (Å²) in [6, 6.07) is 41.0. The summed E-state index contributed by atoms with van der Waals surface area (Å²) in [4.78, 5) is 38.3. The summed E-state index contributed by atoms with van der Waals surface area (Å²) in [5, 5.41) is 27.9. The molecule has 0 atom stereocenters. The van der Waals surface area contributed by atoms with Crippen LogP contribution < -0.4 is 4.90 Å². The molecule has 0 saturated heterocycles. The number of nitrogens with zero attached hydrogens (tertiary/aromatic N) is 1. The normalized spacial score (nSPS) is 11.8. The standard InChI is InChI=1S/C39H25NO6S/c41-37(42)27-7-1-23(2-8-27)24-13-17-32(18-14-24)40-33-19-15-30(25-3-9-28(10-4-25)38(43)44)21-35(33)47-36-22-31(16-20-34(36)40)26-5-11-29(12-6-26)39(45)46/h1-22H,(H,41,42)(H,43,44)(H,45,46). The van der Waals surface area contributed by atoms with Gasteiger partial charge in [-0.25, -0.2) is 14.4 Å². The number of carbonyl (C=O) groups is 3. The molecule has 1 aliphatic heterocycles. The van der Waals surface area contributed by atoms with Crippen LogP contribution in [0.5, 0.6) is 0 Å². The van der Waals surface area contributed by atoms with Crippen molar-refractivity contribution in [3.63, 3.8) is 0 Å². The Bertz CT molecular complexity index is 2070. The van der Waals surface area contributed by atoms with E-state index in [0.717, 1.165) is 60.2 Å². The molecule has 228 valence electrons. The molecule has 0 unspecified atom stereocenters. The predicted molar refractivity (Wildman–Crippen MR) is 182 cm³/mol. The molecule has 8 heteroatoms. The van der Waals surface area contributed by atoms with Crippen LogP contribution in [0.25, 0.3) is 33.4 Å². The Morgan fingerprint density at radius 2 is 0.702 bits per heavy atom. The fourth-order valence-corrected chi connectivity index (χ4v) is 6.80.